The van der Waals surface area contributed by atoms with Crippen LogP contribution in [0.4, 0.5) is 0 Å². The fraction of sp³-hybridized carbons (Fsp3) is 0.571. The number of rotatable bonds is 2. The second kappa shape index (κ2) is 3.73. The Labute approximate surface area is 75.5 Å². The summed E-state index contributed by atoms with van der Waals surface area (Å²) in [6, 6.07) is 0. The molecule has 0 aliphatic carbocycles. The monoisotopic (exact) mass is 186 g/mol. The molecule has 0 unspecified atom stereocenters. The van der Waals surface area contributed by atoms with Crippen molar-refractivity contribution in [2.24, 2.45) is 16.7 Å². The van der Waals surface area contributed by atoms with Crippen molar-refractivity contribution in [3.05, 3.63) is 15.4 Å². The zero-order chi connectivity index (χ0) is 9.14. The molecule has 0 radical (unpaired) electrons. The van der Waals surface area contributed by atoms with E-state index in [0.29, 0.717) is 6.54 Å². The predicted octanol–water partition coefficient (Wildman–Crippen LogP) is -0.100. The van der Waals surface area contributed by atoms with Crippen molar-refractivity contribution >= 4 is 11.3 Å². The molecular weight excluding hydrogens is 172 g/mol. The minimum atomic E-state index is 0.615. The van der Waals surface area contributed by atoms with E-state index in [9.17, 15) is 0 Å². The summed E-state index contributed by atoms with van der Waals surface area (Å²) in [5.74, 6) is 5.24. The fourth-order valence-corrected chi connectivity index (χ4v) is 2.01. The molecule has 1 heterocycles. The van der Waals surface area contributed by atoms with Gasteiger partial charge in [-0.05, 0) is 13.8 Å². The maximum absolute atomic E-state index is 5.46. The predicted molar refractivity (Wildman–Crippen MR) is 50.6 cm³/mol. The lowest BCUT2D eigenvalue weighted by atomic mass is 10.4. The van der Waals surface area contributed by atoms with E-state index in [1.54, 1.807) is 11.3 Å². The molecule has 68 valence electrons. The summed E-state index contributed by atoms with van der Waals surface area (Å²) in [4.78, 5) is 2.09. The van der Waals surface area contributed by atoms with Crippen molar-refractivity contribution in [1.82, 2.24) is 4.57 Å². The lowest BCUT2D eigenvalue weighted by Gasteiger charge is -2.02. The van der Waals surface area contributed by atoms with E-state index in [-0.39, 0.29) is 0 Å². The van der Waals surface area contributed by atoms with Gasteiger partial charge >= 0.3 is 0 Å². The second-order valence-corrected chi connectivity index (χ2v) is 3.78. The van der Waals surface area contributed by atoms with Crippen LogP contribution in [0.5, 0.6) is 0 Å². The van der Waals surface area contributed by atoms with Crippen LogP contribution in [0.25, 0.3) is 0 Å². The van der Waals surface area contributed by atoms with Crippen molar-refractivity contribution < 1.29 is 0 Å². The number of nitrogens with two attached hydrogens (primary N) is 2. The van der Waals surface area contributed by atoms with Crippen LogP contribution in [0.15, 0.2) is 5.10 Å². The Morgan fingerprint density at radius 1 is 1.50 bits per heavy atom. The zero-order valence-electron chi connectivity index (χ0n) is 7.37. The summed E-state index contributed by atoms with van der Waals surface area (Å²) in [5, 5.41) is 3.70. The van der Waals surface area contributed by atoms with E-state index in [4.69, 9.17) is 11.6 Å². The summed E-state index contributed by atoms with van der Waals surface area (Å²) >= 11 is 1.60. The van der Waals surface area contributed by atoms with E-state index in [2.05, 4.69) is 18.9 Å². The highest BCUT2D eigenvalue weighted by molar-refractivity contribution is 7.09. The summed E-state index contributed by atoms with van der Waals surface area (Å²) in [7, 11) is 0. The lowest BCUT2D eigenvalue weighted by molar-refractivity contribution is 0.662. The number of thiazole rings is 1. The van der Waals surface area contributed by atoms with E-state index >= 15 is 0 Å². The third kappa shape index (κ3) is 1.51. The molecule has 5 heteroatoms. The van der Waals surface area contributed by atoms with Gasteiger partial charge in [-0.25, -0.2) is 0 Å². The van der Waals surface area contributed by atoms with Crippen LogP contribution < -0.4 is 16.4 Å². The average Bonchev–Trinajstić information content (AvgIpc) is 2.33. The molecule has 0 aromatic carbocycles. The van der Waals surface area contributed by atoms with Crippen LogP contribution in [0.2, 0.25) is 0 Å². The van der Waals surface area contributed by atoms with Gasteiger partial charge in [-0.1, -0.05) is 0 Å². The third-order valence-corrected chi connectivity index (χ3v) is 2.96. The topological polar surface area (TPSA) is 69.3 Å². The quantitative estimate of drug-likeness (QED) is 0.500. The Kier molecular flexibility index (Phi) is 2.88. The maximum Gasteiger partial charge on any atom is 0.207 e. The molecule has 0 aliphatic rings. The molecule has 0 saturated heterocycles. The maximum atomic E-state index is 5.46. The van der Waals surface area contributed by atoms with Gasteiger partial charge in [0.25, 0.3) is 0 Å². The summed E-state index contributed by atoms with van der Waals surface area (Å²) in [6.07, 6.45) is 0. The van der Waals surface area contributed by atoms with E-state index in [0.717, 1.165) is 11.3 Å². The van der Waals surface area contributed by atoms with Gasteiger partial charge in [0.15, 0.2) is 0 Å². The molecule has 0 amide bonds. The van der Waals surface area contributed by atoms with Gasteiger partial charge in [-0.15, -0.1) is 11.3 Å². The van der Waals surface area contributed by atoms with Crippen LogP contribution >= 0.6 is 11.3 Å². The van der Waals surface area contributed by atoms with Crippen LogP contribution in [0.3, 0.4) is 0 Å². The molecule has 0 saturated carbocycles. The van der Waals surface area contributed by atoms with E-state index < -0.39 is 0 Å². The number of nitrogens with zero attached hydrogens (tertiary/aromatic N) is 2. The zero-order valence-corrected chi connectivity index (χ0v) is 8.19. The Morgan fingerprint density at radius 3 is 2.67 bits per heavy atom. The highest BCUT2D eigenvalue weighted by atomic mass is 32.1. The molecule has 0 fully saturated rings. The SMILES string of the molecule is Cc1sc(=NN)n(CCN)c1C. The largest absolute Gasteiger partial charge is 0.329 e. The molecule has 12 heavy (non-hydrogen) atoms. The summed E-state index contributed by atoms with van der Waals surface area (Å²) in [6.45, 7) is 5.51. The van der Waals surface area contributed by atoms with Gasteiger partial charge in [-0.3, -0.25) is 0 Å². The van der Waals surface area contributed by atoms with Crippen molar-refractivity contribution in [3.63, 3.8) is 0 Å². The van der Waals surface area contributed by atoms with Crippen LogP contribution in [-0.4, -0.2) is 11.1 Å². The molecule has 1 aromatic rings. The van der Waals surface area contributed by atoms with Crippen molar-refractivity contribution in [1.29, 1.82) is 0 Å². The highest BCUT2D eigenvalue weighted by Gasteiger charge is 2.03. The molecule has 4 nitrogen and oxygen atoms in total. The molecule has 0 spiro atoms. The Morgan fingerprint density at radius 2 is 2.17 bits per heavy atom. The first kappa shape index (κ1) is 9.28. The molecule has 0 aliphatic heterocycles. The number of hydrogen-bond donors (Lipinski definition) is 2. The van der Waals surface area contributed by atoms with Gasteiger partial charge in [0, 0.05) is 23.7 Å². The molecule has 4 N–H and O–H groups in total. The Bertz CT molecular complexity index is 323. The van der Waals surface area contributed by atoms with Crippen molar-refractivity contribution in [2.45, 2.75) is 20.4 Å². The van der Waals surface area contributed by atoms with E-state index in [1.165, 1.54) is 10.6 Å². The third-order valence-electron chi connectivity index (χ3n) is 1.85. The summed E-state index contributed by atoms with van der Waals surface area (Å²) in [5.41, 5.74) is 6.67. The highest BCUT2D eigenvalue weighted by Crippen LogP contribution is 2.08. The minimum absolute atomic E-state index is 0.615. The van der Waals surface area contributed by atoms with Crippen LogP contribution in [0, 0.1) is 13.8 Å². The Hall–Kier alpha value is -0.810. The number of hydrogen-bond acceptors (Lipinski definition) is 4. The van der Waals surface area contributed by atoms with Gasteiger partial charge in [0.1, 0.15) is 0 Å². The van der Waals surface area contributed by atoms with Crippen LogP contribution in [-0.2, 0) is 6.54 Å². The Balaban J connectivity index is 3.22. The van der Waals surface area contributed by atoms with Crippen LogP contribution in [0.1, 0.15) is 10.6 Å². The molecule has 1 rings (SSSR count). The molecular formula is C7H14N4S. The normalized spacial score (nSPS) is 12.4. The molecule has 0 atom stereocenters. The molecule has 0 bridgehead atoms. The fourth-order valence-electron chi connectivity index (χ4n) is 1.09. The smallest absolute Gasteiger partial charge is 0.207 e. The second-order valence-electron chi connectivity index (χ2n) is 2.60. The minimum Gasteiger partial charge on any atom is -0.329 e. The van der Waals surface area contributed by atoms with Crippen molar-refractivity contribution in [3.8, 4) is 0 Å². The first-order chi connectivity index (χ1) is 5.70. The number of aryl methyl sites for hydroxylation is 1. The first-order valence-electron chi connectivity index (χ1n) is 3.81. The van der Waals surface area contributed by atoms with Gasteiger partial charge in [0.2, 0.25) is 4.80 Å². The standard InChI is InChI=1S/C7H14N4S/c1-5-6(2)12-7(10-9)11(5)4-3-8/h3-4,8-9H2,1-2H3. The molecule has 1 aromatic heterocycles. The summed E-state index contributed by atoms with van der Waals surface area (Å²) < 4.78 is 2.04. The average molecular weight is 186 g/mol. The van der Waals surface area contributed by atoms with Gasteiger partial charge in [0.05, 0.1) is 0 Å². The lowest BCUT2D eigenvalue weighted by Crippen LogP contribution is -2.22. The number of aromatic nitrogens is 1. The van der Waals surface area contributed by atoms with Gasteiger partial charge < -0.3 is 16.1 Å². The first-order valence-corrected chi connectivity index (χ1v) is 4.63. The van der Waals surface area contributed by atoms with Gasteiger partial charge in [-0.2, -0.15) is 5.10 Å². The van der Waals surface area contributed by atoms with Crippen molar-refractivity contribution in [2.75, 3.05) is 6.54 Å². The van der Waals surface area contributed by atoms with E-state index in [1.807, 2.05) is 4.57 Å².